The van der Waals surface area contributed by atoms with Crippen molar-refractivity contribution in [2.45, 2.75) is 13.5 Å². The van der Waals surface area contributed by atoms with Gasteiger partial charge in [0.15, 0.2) is 0 Å². The highest BCUT2D eigenvalue weighted by atomic mass is 79.9. The summed E-state index contributed by atoms with van der Waals surface area (Å²) in [6, 6.07) is 4.31. The maximum Gasteiger partial charge on any atom is 0.323 e. The summed E-state index contributed by atoms with van der Waals surface area (Å²) < 4.78 is 15.5. The third kappa shape index (κ3) is 1.71. The van der Waals surface area contributed by atoms with E-state index in [4.69, 9.17) is 5.11 Å². The van der Waals surface area contributed by atoms with Gasteiger partial charge in [-0.25, -0.2) is 4.39 Å². The molecule has 84 valence electrons. The number of nitrogens with zero attached hydrogens (tertiary/aromatic N) is 1. The molecular formula is C11H9BrFNO2. The van der Waals surface area contributed by atoms with Gasteiger partial charge < -0.3 is 9.67 Å². The quantitative estimate of drug-likeness (QED) is 0.922. The first-order valence-electron chi connectivity index (χ1n) is 4.66. The van der Waals surface area contributed by atoms with E-state index in [1.807, 2.05) is 0 Å². The molecule has 0 aliphatic heterocycles. The summed E-state index contributed by atoms with van der Waals surface area (Å²) in [6.45, 7) is 1.67. The molecule has 1 heterocycles. The van der Waals surface area contributed by atoms with Gasteiger partial charge in [-0.05, 0) is 41.1 Å². The van der Waals surface area contributed by atoms with Crippen LogP contribution in [0, 0.1) is 12.7 Å². The van der Waals surface area contributed by atoms with Crippen LogP contribution in [-0.4, -0.2) is 15.6 Å². The number of fused-ring (bicyclic) bond motifs is 1. The molecule has 0 unspecified atom stereocenters. The molecule has 1 aromatic heterocycles. The fourth-order valence-corrected chi connectivity index (χ4v) is 2.28. The van der Waals surface area contributed by atoms with Gasteiger partial charge in [0.25, 0.3) is 0 Å². The molecular weight excluding hydrogens is 277 g/mol. The van der Waals surface area contributed by atoms with E-state index in [2.05, 4.69) is 15.9 Å². The monoisotopic (exact) mass is 285 g/mol. The summed E-state index contributed by atoms with van der Waals surface area (Å²) in [4.78, 5) is 10.7. The zero-order valence-electron chi connectivity index (χ0n) is 8.50. The Morgan fingerprint density at radius 2 is 2.25 bits per heavy atom. The van der Waals surface area contributed by atoms with Gasteiger partial charge in [-0.15, -0.1) is 0 Å². The van der Waals surface area contributed by atoms with Crippen molar-refractivity contribution < 1.29 is 14.3 Å². The average molecular weight is 286 g/mol. The maximum absolute atomic E-state index is 13.1. The van der Waals surface area contributed by atoms with Crippen molar-refractivity contribution in [1.29, 1.82) is 0 Å². The van der Waals surface area contributed by atoms with Crippen LogP contribution in [0.2, 0.25) is 0 Å². The van der Waals surface area contributed by atoms with Crippen LogP contribution in [0.15, 0.2) is 22.7 Å². The Morgan fingerprint density at radius 3 is 2.88 bits per heavy atom. The molecule has 0 bridgehead atoms. The highest BCUT2D eigenvalue weighted by Crippen LogP contribution is 2.30. The SMILES string of the molecule is Cc1c(Br)c2cc(F)ccc2n1CC(=O)O. The number of aromatic nitrogens is 1. The summed E-state index contributed by atoms with van der Waals surface area (Å²) >= 11 is 3.35. The fourth-order valence-electron chi connectivity index (χ4n) is 1.75. The third-order valence-electron chi connectivity index (χ3n) is 2.50. The van der Waals surface area contributed by atoms with Crippen LogP contribution in [0.5, 0.6) is 0 Å². The molecule has 0 atom stereocenters. The molecule has 0 saturated heterocycles. The molecule has 0 spiro atoms. The number of carbonyl (C=O) groups is 1. The molecule has 0 aliphatic carbocycles. The lowest BCUT2D eigenvalue weighted by atomic mass is 10.2. The smallest absolute Gasteiger partial charge is 0.323 e. The number of carboxylic acid groups (broad SMARTS) is 1. The van der Waals surface area contributed by atoms with E-state index in [1.54, 1.807) is 17.6 Å². The van der Waals surface area contributed by atoms with Crippen molar-refractivity contribution in [3.8, 4) is 0 Å². The second-order valence-electron chi connectivity index (χ2n) is 3.54. The molecule has 0 radical (unpaired) electrons. The van der Waals surface area contributed by atoms with E-state index in [0.717, 1.165) is 10.2 Å². The van der Waals surface area contributed by atoms with Crippen molar-refractivity contribution in [2.75, 3.05) is 0 Å². The highest BCUT2D eigenvalue weighted by molar-refractivity contribution is 9.10. The molecule has 0 aliphatic rings. The summed E-state index contributed by atoms with van der Waals surface area (Å²) in [7, 11) is 0. The van der Waals surface area contributed by atoms with Crippen molar-refractivity contribution in [1.82, 2.24) is 4.57 Å². The van der Waals surface area contributed by atoms with Gasteiger partial charge in [0.2, 0.25) is 0 Å². The van der Waals surface area contributed by atoms with Crippen LogP contribution in [-0.2, 0) is 11.3 Å². The van der Waals surface area contributed by atoms with Crippen LogP contribution in [0.4, 0.5) is 4.39 Å². The van der Waals surface area contributed by atoms with Crippen LogP contribution < -0.4 is 0 Å². The van der Waals surface area contributed by atoms with Gasteiger partial charge in [-0.1, -0.05) is 0 Å². The first kappa shape index (κ1) is 11.1. The van der Waals surface area contributed by atoms with E-state index in [0.29, 0.717) is 10.9 Å². The maximum atomic E-state index is 13.1. The molecule has 3 nitrogen and oxygen atoms in total. The summed E-state index contributed by atoms with van der Waals surface area (Å²) in [5, 5.41) is 9.50. The van der Waals surface area contributed by atoms with Gasteiger partial charge in [0.05, 0.1) is 5.52 Å². The van der Waals surface area contributed by atoms with E-state index >= 15 is 0 Å². The molecule has 2 rings (SSSR count). The highest BCUT2D eigenvalue weighted by Gasteiger charge is 2.14. The topological polar surface area (TPSA) is 42.2 Å². The predicted octanol–water partition coefficient (Wildman–Crippen LogP) is 2.94. The molecule has 1 N–H and O–H groups in total. The zero-order valence-corrected chi connectivity index (χ0v) is 10.1. The zero-order chi connectivity index (χ0) is 11.9. The average Bonchev–Trinajstić information content (AvgIpc) is 2.43. The van der Waals surface area contributed by atoms with Crippen LogP contribution >= 0.6 is 15.9 Å². The third-order valence-corrected chi connectivity index (χ3v) is 3.50. The van der Waals surface area contributed by atoms with Crippen molar-refractivity contribution in [2.24, 2.45) is 0 Å². The Morgan fingerprint density at radius 1 is 1.56 bits per heavy atom. The van der Waals surface area contributed by atoms with E-state index in [-0.39, 0.29) is 12.4 Å². The second-order valence-corrected chi connectivity index (χ2v) is 4.33. The summed E-state index contributed by atoms with van der Waals surface area (Å²) in [5.41, 5.74) is 1.50. The van der Waals surface area contributed by atoms with Gasteiger partial charge in [0, 0.05) is 15.6 Å². The largest absolute Gasteiger partial charge is 0.480 e. The minimum Gasteiger partial charge on any atom is -0.480 e. The van der Waals surface area contributed by atoms with Crippen LogP contribution in [0.3, 0.4) is 0 Å². The Hall–Kier alpha value is -1.36. The number of benzene rings is 1. The summed E-state index contributed by atoms with van der Waals surface area (Å²) in [6.07, 6.45) is 0. The van der Waals surface area contributed by atoms with Crippen molar-refractivity contribution in [3.63, 3.8) is 0 Å². The number of carboxylic acids is 1. The number of hydrogen-bond donors (Lipinski definition) is 1. The minimum absolute atomic E-state index is 0.125. The Bertz CT molecular complexity index is 577. The van der Waals surface area contributed by atoms with E-state index in [9.17, 15) is 9.18 Å². The lowest BCUT2D eigenvalue weighted by Crippen LogP contribution is -2.09. The van der Waals surface area contributed by atoms with Gasteiger partial charge in [-0.2, -0.15) is 0 Å². The molecule has 5 heteroatoms. The predicted molar refractivity (Wildman–Crippen MR) is 62.0 cm³/mol. The number of aliphatic carboxylic acids is 1. The molecule has 0 saturated carbocycles. The Labute approximate surface area is 99.6 Å². The Balaban J connectivity index is 2.73. The van der Waals surface area contributed by atoms with Crippen molar-refractivity contribution >= 4 is 32.8 Å². The molecule has 0 amide bonds. The standard InChI is InChI=1S/C11H9BrFNO2/c1-6-11(12)8-4-7(13)2-3-9(8)14(6)5-10(15)16/h2-4H,5H2,1H3,(H,15,16). The van der Waals surface area contributed by atoms with Gasteiger partial charge in [-0.3, -0.25) is 4.79 Å². The number of rotatable bonds is 2. The van der Waals surface area contributed by atoms with Gasteiger partial charge in [0.1, 0.15) is 12.4 Å². The lowest BCUT2D eigenvalue weighted by molar-refractivity contribution is -0.137. The normalized spacial score (nSPS) is 10.9. The van der Waals surface area contributed by atoms with E-state index in [1.165, 1.54) is 12.1 Å². The first-order valence-corrected chi connectivity index (χ1v) is 5.45. The lowest BCUT2D eigenvalue weighted by Gasteiger charge is -2.03. The van der Waals surface area contributed by atoms with Crippen LogP contribution in [0.1, 0.15) is 5.69 Å². The van der Waals surface area contributed by atoms with E-state index < -0.39 is 5.97 Å². The fraction of sp³-hybridized carbons (Fsp3) is 0.182. The molecule has 2 aromatic rings. The summed E-state index contributed by atoms with van der Waals surface area (Å²) in [5.74, 6) is -1.25. The van der Waals surface area contributed by atoms with Gasteiger partial charge >= 0.3 is 5.97 Å². The van der Waals surface area contributed by atoms with Crippen molar-refractivity contribution in [3.05, 3.63) is 34.2 Å². The van der Waals surface area contributed by atoms with Crippen LogP contribution in [0.25, 0.3) is 10.9 Å². The second kappa shape index (κ2) is 3.90. The number of hydrogen-bond acceptors (Lipinski definition) is 1. The Kier molecular flexibility index (Phi) is 2.71. The molecule has 0 fully saturated rings. The molecule has 16 heavy (non-hydrogen) atoms. The number of halogens is 2. The minimum atomic E-state index is -0.920. The first-order chi connectivity index (χ1) is 7.50. The molecule has 1 aromatic carbocycles.